The monoisotopic (exact) mass is 217 g/mol. The maximum absolute atomic E-state index is 11.5. The molecule has 1 aromatic rings. The second-order valence-electron chi connectivity index (χ2n) is 4.88. The molecule has 0 unspecified atom stereocenters. The number of hydrogen-bond acceptors (Lipinski definition) is 2. The molecule has 0 aliphatic carbocycles. The molecule has 3 nitrogen and oxygen atoms in total. The maximum Gasteiger partial charge on any atom is 0.223 e. The van der Waals surface area contributed by atoms with Crippen LogP contribution in [0, 0.1) is 0 Å². The van der Waals surface area contributed by atoms with Gasteiger partial charge in [0.05, 0.1) is 0 Å². The molecule has 0 saturated heterocycles. The number of carbonyl (C=O) groups excluding carboxylic acids is 2. The second-order valence-corrected chi connectivity index (χ2v) is 4.88. The highest BCUT2D eigenvalue weighted by Gasteiger charge is 2.36. The minimum atomic E-state index is -0.0833. The Morgan fingerprint density at radius 3 is 2.69 bits per heavy atom. The van der Waals surface area contributed by atoms with Crippen molar-refractivity contribution >= 4 is 17.9 Å². The Hall–Kier alpha value is -1.64. The van der Waals surface area contributed by atoms with Crippen LogP contribution in [0.1, 0.15) is 36.7 Å². The molecule has 84 valence electrons. The van der Waals surface area contributed by atoms with Gasteiger partial charge < -0.3 is 4.90 Å². The van der Waals surface area contributed by atoms with Gasteiger partial charge in [-0.3, -0.25) is 9.59 Å². The summed E-state index contributed by atoms with van der Waals surface area (Å²) in [6.07, 6.45) is 0.840. The third-order valence-electron chi connectivity index (χ3n) is 3.11. The molecular formula is C13H15NO2. The zero-order chi connectivity index (χ0) is 11.9. The highest BCUT2D eigenvalue weighted by molar-refractivity contribution is 5.95. The van der Waals surface area contributed by atoms with Crippen molar-refractivity contribution in [3.8, 4) is 0 Å². The van der Waals surface area contributed by atoms with Gasteiger partial charge in [-0.05, 0) is 23.8 Å². The van der Waals surface area contributed by atoms with Crippen LogP contribution in [0.3, 0.4) is 0 Å². The van der Waals surface area contributed by atoms with Gasteiger partial charge in [-0.1, -0.05) is 13.8 Å². The molecule has 0 bridgehead atoms. The van der Waals surface area contributed by atoms with Crippen molar-refractivity contribution in [1.29, 1.82) is 0 Å². The molecule has 0 saturated carbocycles. The molecule has 0 radical (unpaired) electrons. The van der Waals surface area contributed by atoms with E-state index in [1.807, 2.05) is 12.1 Å². The summed E-state index contributed by atoms with van der Waals surface area (Å²) in [5.74, 6) is 0.0469. The number of amides is 1. The van der Waals surface area contributed by atoms with Crippen LogP contribution < -0.4 is 4.90 Å². The van der Waals surface area contributed by atoms with Crippen LogP contribution in [0.15, 0.2) is 18.2 Å². The van der Waals surface area contributed by atoms with Gasteiger partial charge in [-0.2, -0.15) is 0 Å². The predicted octanol–water partition coefficient (Wildman–Crippen LogP) is 2.14. The molecule has 1 amide bonds. The van der Waals surface area contributed by atoms with Crippen molar-refractivity contribution in [2.75, 3.05) is 11.4 Å². The van der Waals surface area contributed by atoms with Crippen molar-refractivity contribution in [3.63, 3.8) is 0 Å². The van der Waals surface area contributed by atoms with E-state index in [4.69, 9.17) is 0 Å². The zero-order valence-electron chi connectivity index (χ0n) is 9.78. The maximum atomic E-state index is 11.5. The summed E-state index contributed by atoms with van der Waals surface area (Å²) in [6.45, 7) is 6.42. The Bertz CT molecular complexity index is 463. The van der Waals surface area contributed by atoms with Gasteiger partial charge in [0.15, 0.2) is 0 Å². The number of anilines is 1. The highest BCUT2D eigenvalue weighted by Crippen LogP contribution is 2.40. The standard InChI is InChI=1S/C13H15NO2/c1-9(16)14-8-13(2,3)11-6-10(7-15)4-5-12(11)14/h4-7H,8H2,1-3H3. The van der Waals surface area contributed by atoms with Gasteiger partial charge in [0.2, 0.25) is 5.91 Å². The van der Waals surface area contributed by atoms with Gasteiger partial charge in [0, 0.05) is 30.1 Å². The van der Waals surface area contributed by atoms with Gasteiger partial charge in [0.25, 0.3) is 0 Å². The number of carbonyl (C=O) groups is 2. The van der Waals surface area contributed by atoms with E-state index in [2.05, 4.69) is 13.8 Å². The second kappa shape index (κ2) is 3.44. The van der Waals surface area contributed by atoms with E-state index < -0.39 is 0 Å². The Morgan fingerprint density at radius 2 is 2.12 bits per heavy atom. The van der Waals surface area contributed by atoms with Gasteiger partial charge in [-0.15, -0.1) is 0 Å². The average molecular weight is 217 g/mol. The predicted molar refractivity (Wildman–Crippen MR) is 62.9 cm³/mol. The van der Waals surface area contributed by atoms with Crippen molar-refractivity contribution in [2.24, 2.45) is 0 Å². The molecular weight excluding hydrogens is 202 g/mol. The van der Waals surface area contributed by atoms with Gasteiger partial charge in [0.1, 0.15) is 6.29 Å². The number of benzene rings is 1. The molecule has 1 aliphatic heterocycles. The van der Waals surface area contributed by atoms with Crippen LogP contribution in [0.5, 0.6) is 0 Å². The van der Waals surface area contributed by atoms with E-state index in [1.54, 1.807) is 17.9 Å². The van der Waals surface area contributed by atoms with Crippen LogP contribution in [0.4, 0.5) is 5.69 Å². The summed E-state index contributed by atoms with van der Waals surface area (Å²) in [5.41, 5.74) is 2.59. The quantitative estimate of drug-likeness (QED) is 0.676. The van der Waals surface area contributed by atoms with Crippen molar-refractivity contribution < 1.29 is 9.59 Å². The van der Waals surface area contributed by atoms with Crippen LogP contribution in [-0.2, 0) is 10.2 Å². The third-order valence-corrected chi connectivity index (χ3v) is 3.11. The molecule has 3 heteroatoms. The number of rotatable bonds is 1. The molecule has 1 heterocycles. The summed E-state index contributed by atoms with van der Waals surface area (Å²) < 4.78 is 0. The molecule has 0 atom stereocenters. The van der Waals surface area contributed by atoms with E-state index in [1.165, 1.54) is 0 Å². The largest absolute Gasteiger partial charge is 0.311 e. The SMILES string of the molecule is CC(=O)N1CC(C)(C)c2cc(C=O)ccc21. The topological polar surface area (TPSA) is 37.4 Å². The Morgan fingerprint density at radius 1 is 1.44 bits per heavy atom. The van der Waals surface area contributed by atoms with Crippen LogP contribution in [0.25, 0.3) is 0 Å². The molecule has 1 aliphatic rings. The van der Waals surface area contributed by atoms with Crippen LogP contribution in [0.2, 0.25) is 0 Å². The fraction of sp³-hybridized carbons (Fsp3) is 0.385. The Kier molecular flexibility index (Phi) is 2.34. The summed E-state index contributed by atoms with van der Waals surface area (Å²) in [5, 5.41) is 0. The normalized spacial score (nSPS) is 17.1. The van der Waals surface area contributed by atoms with E-state index in [9.17, 15) is 9.59 Å². The lowest BCUT2D eigenvalue weighted by molar-refractivity contribution is -0.116. The highest BCUT2D eigenvalue weighted by atomic mass is 16.2. The van der Waals surface area contributed by atoms with Crippen LogP contribution in [-0.4, -0.2) is 18.7 Å². The van der Waals surface area contributed by atoms with E-state index in [0.29, 0.717) is 12.1 Å². The van der Waals surface area contributed by atoms with E-state index in [0.717, 1.165) is 17.5 Å². The van der Waals surface area contributed by atoms with E-state index in [-0.39, 0.29) is 11.3 Å². The van der Waals surface area contributed by atoms with Gasteiger partial charge >= 0.3 is 0 Å². The zero-order valence-corrected chi connectivity index (χ0v) is 9.78. The fourth-order valence-corrected chi connectivity index (χ4v) is 2.25. The molecule has 0 spiro atoms. The minimum absolute atomic E-state index is 0.0469. The van der Waals surface area contributed by atoms with Gasteiger partial charge in [-0.25, -0.2) is 0 Å². The summed E-state index contributed by atoms with van der Waals surface area (Å²) in [4.78, 5) is 24.0. The first-order chi connectivity index (χ1) is 7.45. The molecule has 0 fully saturated rings. The Labute approximate surface area is 95.1 Å². The van der Waals surface area contributed by atoms with E-state index >= 15 is 0 Å². The minimum Gasteiger partial charge on any atom is -0.311 e. The lowest BCUT2D eigenvalue weighted by atomic mass is 9.86. The average Bonchev–Trinajstić information content (AvgIpc) is 2.51. The smallest absolute Gasteiger partial charge is 0.223 e. The first-order valence-corrected chi connectivity index (χ1v) is 5.33. The number of hydrogen-bond donors (Lipinski definition) is 0. The molecule has 0 aromatic heterocycles. The number of fused-ring (bicyclic) bond motifs is 1. The van der Waals surface area contributed by atoms with Crippen molar-refractivity contribution in [3.05, 3.63) is 29.3 Å². The molecule has 16 heavy (non-hydrogen) atoms. The van der Waals surface area contributed by atoms with Crippen molar-refractivity contribution in [1.82, 2.24) is 0 Å². The fourth-order valence-electron chi connectivity index (χ4n) is 2.25. The number of aldehydes is 1. The lowest BCUT2D eigenvalue weighted by Gasteiger charge is -2.19. The molecule has 0 N–H and O–H groups in total. The first-order valence-electron chi connectivity index (χ1n) is 5.33. The summed E-state index contributed by atoms with van der Waals surface area (Å²) in [6, 6.07) is 5.49. The molecule has 2 rings (SSSR count). The summed E-state index contributed by atoms with van der Waals surface area (Å²) >= 11 is 0. The molecule has 1 aromatic carbocycles. The third kappa shape index (κ3) is 1.52. The number of nitrogens with zero attached hydrogens (tertiary/aromatic N) is 1. The lowest BCUT2D eigenvalue weighted by Crippen LogP contribution is -2.31. The van der Waals surface area contributed by atoms with Crippen LogP contribution >= 0.6 is 0 Å². The Balaban J connectivity index is 2.58. The summed E-state index contributed by atoms with van der Waals surface area (Å²) in [7, 11) is 0. The first kappa shape index (κ1) is 10.9. The van der Waals surface area contributed by atoms with Crippen molar-refractivity contribution in [2.45, 2.75) is 26.2 Å².